The molecule has 0 bridgehead atoms. The molecule has 1 rings (SSSR count). The number of hydrogen-bond donors (Lipinski definition) is 0. The zero-order chi connectivity index (χ0) is 11.5. The summed E-state index contributed by atoms with van der Waals surface area (Å²) in [5, 5.41) is 4.08. The van der Waals surface area contributed by atoms with Gasteiger partial charge in [0.25, 0.3) is 0 Å². The van der Waals surface area contributed by atoms with Gasteiger partial charge in [0.1, 0.15) is 6.10 Å². The standard InChI is InChI=1S/C11H15BrOSSi/c1-9(13-15(2,3)4)5-6-10-7-14-8-11(10)12/h7-9H,1-4H3. The van der Waals surface area contributed by atoms with Crippen LogP contribution >= 0.6 is 27.3 Å². The minimum atomic E-state index is -1.47. The maximum absolute atomic E-state index is 5.83. The topological polar surface area (TPSA) is 9.23 Å². The molecular weight excluding hydrogens is 288 g/mol. The Bertz CT molecular complexity index is 383. The van der Waals surface area contributed by atoms with Crippen LogP contribution in [0.3, 0.4) is 0 Å². The van der Waals surface area contributed by atoms with Crippen molar-refractivity contribution in [2.75, 3.05) is 0 Å². The van der Waals surface area contributed by atoms with Crippen molar-refractivity contribution in [3.8, 4) is 11.8 Å². The molecule has 0 aliphatic heterocycles. The van der Waals surface area contributed by atoms with Crippen LogP contribution < -0.4 is 0 Å². The summed E-state index contributed by atoms with van der Waals surface area (Å²) < 4.78 is 6.90. The summed E-state index contributed by atoms with van der Waals surface area (Å²) in [6.07, 6.45) is 0.0171. The van der Waals surface area contributed by atoms with Gasteiger partial charge in [-0.25, -0.2) is 0 Å². The molecule has 0 spiro atoms. The molecule has 15 heavy (non-hydrogen) atoms. The summed E-state index contributed by atoms with van der Waals surface area (Å²) in [6.45, 7) is 8.52. The summed E-state index contributed by atoms with van der Waals surface area (Å²) in [4.78, 5) is 0. The van der Waals surface area contributed by atoms with E-state index in [1.54, 1.807) is 11.3 Å². The first-order chi connectivity index (χ1) is 6.88. The molecule has 0 radical (unpaired) electrons. The lowest BCUT2D eigenvalue weighted by Gasteiger charge is -2.19. The maximum atomic E-state index is 5.83. The third-order valence-electron chi connectivity index (χ3n) is 1.56. The third kappa shape index (κ3) is 4.98. The molecule has 1 nitrogen and oxygen atoms in total. The molecule has 1 aromatic rings. The lowest BCUT2D eigenvalue weighted by Crippen LogP contribution is -2.29. The van der Waals surface area contributed by atoms with E-state index < -0.39 is 8.32 Å². The molecule has 0 aliphatic rings. The monoisotopic (exact) mass is 302 g/mol. The fourth-order valence-electron chi connectivity index (χ4n) is 1.11. The van der Waals surface area contributed by atoms with Gasteiger partial charge in [-0.05, 0) is 42.5 Å². The minimum Gasteiger partial charge on any atom is -0.404 e. The molecule has 0 aliphatic carbocycles. The van der Waals surface area contributed by atoms with E-state index in [2.05, 4.69) is 47.4 Å². The first-order valence-corrected chi connectivity index (χ1v) is 9.94. The Labute approximate surface area is 105 Å². The molecule has 0 N–H and O–H groups in total. The molecule has 4 heteroatoms. The van der Waals surface area contributed by atoms with Gasteiger partial charge < -0.3 is 4.43 Å². The Morgan fingerprint density at radius 2 is 2.07 bits per heavy atom. The molecular formula is C11H15BrOSSi. The fraction of sp³-hybridized carbons (Fsp3) is 0.455. The Morgan fingerprint density at radius 3 is 2.53 bits per heavy atom. The highest BCUT2D eigenvalue weighted by Crippen LogP contribution is 2.20. The van der Waals surface area contributed by atoms with Crippen LogP contribution in [0.4, 0.5) is 0 Å². The highest BCUT2D eigenvalue weighted by molar-refractivity contribution is 9.10. The average molecular weight is 303 g/mol. The van der Waals surface area contributed by atoms with Crippen LogP contribution in [-0.2, 0) is 4.43 Å². The smallest absolute Gasteiger partial charge is 0.185 e. The van der Waals surface area contributed by atoms with Crippen molar-refractivity contribution in [1.29, 1.82) is 0 Å². The lowest BCUT2D eigenvalue weighted by atomic mass is 10.3. The van der Waals surface area contributed by atoms with E-state index in [1.165, 1.54) is 0 Å². The van der Waals surface area contributed by atoms with Crippen LogP contribution in [0.15, 0.2) is 15.2 Å². The quantitative estimate of drug-likeness (QED) is 0.590. The van der Waals surface area contributed by atoms with E-state index in [4.69, 9.17) is 4.43 Å². The molecule has 1 aromatic heterocycles. The zero-order valence-electron chi connectivity index (χ0n) is 9.43. The highest BCUT2D eigenvalue weighted by Gasteiger charge is 2.16. The maximum Gasteiger partial charge on any atom is 0.185 e. The van der Waals surface area contributed by atoms with Gasteiger partial charge in [0, 0.05) is 20.8 Å². The largest absolute Gasteiger partial charge is 0.404 e. The van der Waals surface area contributed by atoms with Gasteiger partial charge in [0.05, 0.1) is 0 Å². The Balaban J connectivity index is 2.63. The lowest BCUT2D eigenvalue weighted by molar-refractivity contribution is 0.272. The number of thiophene rings is 1. The van der Waals surface area contributed by atoms with Gasteiger partial charge in [-0.15, -0.1) is 11.3 Å². The van der Waals surface area contributed by atoms with Gasteiger partial charge in [0.15, 0.2) is 8.32 Å². The Hall–Kier alpha value is -0.0831. The van der Waals surface area contributed by atoms with E-state index in [9.17, 15) is 0 Å². The van der Waals surface area contributed by atoms with Crippen LogP contribution in [0, 0.1) is 11.8 Å². The fourth-order valence-corrected chi connectivity index (χ4v) is 3.55. The summed E-state index contributed by atoms with van der Waals surface area (Å²) >= 11 is 5.10. The summed E-state index contributed by atoms with van der Waals surface area (Å²) in [7, 11) is -1.47. The molecule has 1 heterocycles. The van der Waals surface area contributed by atoms with Gasteiger partial charge in [-0.3, -0.25) is 0 Å². The molecule has 1 unspecified atom stereocenters. The second kappa shape index (κ2) is 5.31. The van der Waals surface area contributed by atoms with Gasteiger partial charge >= 0.3 is 0 Å². The highest BCUT2D eigenvalue weighted by atomic mass is 79.9. The van der Waals surface area contributed by atoms with E-state index >= 15 is 0 Å². The minimum absolute atomic E-state index is 0.0171. The van der Waals surface area contributed by atoms with Gasteiger partial charge in [-0.2, -0.15) is 0 Å². The Morgan fingerprint density at radius 1 is 1.40 bits per heavy atom. The molecule has 0 amide bonds. The van der Waals surface area contributed by atoms with Crippen molar-refractivity contribution in [1.82, 2.24) is 0 Å². The van der Waals surface area contributed by atoms with E-state index in [0.717, 1.165) is 10.0 Å². The molecule has 0 aromatic carbocycles. The molecule has 0 saturated carbocycles. The van der Waals surface area contributed by atoms with Crippen LogP contribution in [0.2, 0.25) is 19.6 Å². The van der Waals surface area contributed by atoms with Crippen LogP contribution in [0.5, 0.6) is 0 Å². The van der Waals surface area contributed by atoms with Crippen molar-refractivity contribution in [3.05, 3.63) is 20.8 Å². The van der Waals surface area contributed by atoms with Crippen LogP contribution in [-0.4, -0.2) is 14.4 Å². The Kier molecular flexibility index (Phi) is 4.59. The van der Waals surface area contributed by atoms with Crippen molar-refractivity contribution >= 4 is 35.6 Å². The van der Waals surface area contributed by atoms with Crippen LogP contribution in [0.1, 0.15) is 12.5 Å². The summed E-state index contributed by atoms with van der Waals surface area (Å²) in [6, 6.07) is 0. The molecule has 0 fully saturated rings. The van der Waals surface area contributed by atoms with E-state index in [1.807, 2.05) is 17.7 Å². The van der Waals surface area contributed by atoms with E-state index in [0.29, 0.717) is 0 Å². The summed E-state index contributed by atoms with van der Waals surface area (Å²) in [5.74, 6) is 6.25. The predicted octanol–water partition coefficient (Wildman–Crippen LogP) is 4.10. The first-order valence-electron chi connectivity index (χ1n) is 4.79. The second-order valence-corrected chi connectivity index (χ2v) is 10.3. The molecule has 1 atom stereocenters. The van der Waals surface area contributed by atoms with Crippen molar-refractivity contribution in [2.24, 2.45) is 0 Å². The number of hydrogen-bond acceptors (Lipinski definition) is 2. The SMILES string of the molecule is CC(C#Cc1cscc1Br)O[Si](C)(C)C. The van der Waals surface area contributed by atoms with Gasteiger partial charge in [0.2, 0.25) is 0 Å². The third-order valence-corrected chi connectivity index (χ3v) is 4.32. The van der Waals surface area contributed by atoms with Crippen molar-refractivity contribution in [2.45, 2.75) is 32.7 Å². The average Bonchev–Trinajstić information content (AvgIpc) is 2.44. The van der Waals surface area contributed by atoms with Crippen LogP contribution in [0.25, 0.3) is 0 Å². The predicted molar refractivity (Wildman–Crippen MR) is 72.8 cm³/mol. The summed E-state index contributed by atoms with van der Waals surface area (Å²) in [5.41, 5.74) is 1.05. The molecule has 82 valence electrons. The number of halogens is 1. The normalized spacial score (nSPS) is 13.1. The van der Waals surface area contributed by atoms with E-state index in [-0.39, 0.29) is 6.10 Å². The first kappa shape index (κ1) is 13.0. The molecule has 0 saturated heterocycles. The van der Waals surface area contributed by atoms with Gasteiger partial charge in [-0.1, -0.05) is 11.8 Å². The zero-order valence-corrected chi connectivity index (χ0v) is 12.8. The van der Waals surface area contributed by atoms with Crippen molar-refractivity contribution < 1.29 is 4.43 Å². The van der Waals surface area contributed by atoms with Crippen molar-refractivity contribution in [3.63, 3.8) is 0 Å². The second-order valence-electron chi connectivity index (χ2n) is 4.28. The number of rotatable bonds is 2.